The van der Waals surface area contributed by atoms with Crippen molar-refractivity contribution < 1.29 is 8.91 Å². The molecule has 0 bridgehead atoms. The Kier molecular flexibility index (Phi) is 3.75. The standard InChI is InChI=1S/C14H17FN4O/c1-10-8-16-6-7-19(10)9-13-17-14(18-20-13)11-2-4-12(15)5-3-11/h2-5,10,16H,6-9H2,1H3. The summed E-state index contributed by atoms with van der Waals surface area (Å²) in [6.07, 6.45) is 0. The fourth-order valence-electron chi connectivity index (χ4n) is 2.33. The number of hydrogen-bond acceptors (Lipinski definition) is 5. The van der Waals surface area contributed by atoms with Crippen molar-refractivity contribution in [2.75, 3.05) is 19.6 Å². The first kappa shape index (κ1) is 13.2. The van der Waals surface area contributed by atoms with E-state index in [-0.39, 0.29) is 5.82 Å². The molecule has 0 saturated carbocycles. The molecule has 106 valence electrons. The second-order valence-electron chi connectivity index (χ2n) is 5.04. The molecule has 1 aliphatic heterocycles. The minimum atomic E-state index is -0.271. The van der Waals surface area contributed by atoms with Gasteiger partial charge in [0.2, 0.25) is 11.7 Å². The molecule has 1 unspecified atom stereocenters. The fourth-order valence-corrected chi connectivity index (χ4v) is 2.33. The van der Waals surface area contributed by atoms with Crippen LogP contribution < -0.4 is 5.32 Å². The van der Waals surface area contributed by atoms with E-state index in [2.05, 4.69) is 27.3 Å². The van der Waals surface area contributed by atoms with Crippen molar-refractivity contribution in [3.63, 3.8) is 0 Å². The Morgan fingerprint density at radius 2 is 2.20 bits per heavy atom. The molecule has 0 amide bonds. The third-order valence-corrected chi connectivity index (χ3v) is 3.55. The molecule has 0 aliphatic carbocycles. The van der Waals surface area contributed by atoms with Crippen LogP contribution in [0.25, 0.3) is 11.4 Å². The molecule has 1 aliphatic rings. The molecule has 2 heterocycles. The molecule has 5 nitrogen and oxygen atoms in total. The molecule has 6 heteroatoms. The number of aromatic nitrogens is 2. The molecule has 3 rings (SSSR count). The normalized spacial score (nSPS) is 20.2. The van der Waals surface area contributed by atoms with Crippen LogP contribution in [-0.2, 0) is 6.54 Å². The van der Waals surface area contributed by atoms with E-state index in [1.807, 2.05) is 0 Å². The molecule has 0 radical (unpaired) electrons. The smallest absolute Gasteiger partial charge is 0.241 e. The quantitative estimate of drug-likeness (QED) is 0.924. The van der Waals surface area contributed by atoms with Gasteiger partial charge in [-0.25, -0.2) is 4.39 Å². The third-order valence-electron chi connectivity index (χ3n) is 3.55. The van der Waals surface area contributed by atoms with Crippen molar-refractivity contribution in [3.8, 4) is 11.4 Å². The van der Waals surface area contributed by atoms with Crippen molar-refractivity contribution >= 4 is 0 Å². The maximum atomic E-state index is 12.9. The van der Waals surface area contributed by atoms with Crippen LogP contribution in [0.15, 0.2) is 28.8 Å². The van der Waals surface area contributed by atoms with Gasteiger partial charge < -0.3 is 9.84 Å². The lowest BCUT2D eigenvalue weighted by atomic mass is 10.2. The van der Waals surface area contributed by atoms with Crippen molar-refractivity contribution in [1.29, 1.82) is 0 Å². The van der Waals surface area contributed by atoms with Gasteiger partial charge >= 0.3 is 0 Å². The van der Waals surface area contributed by atoms with Crippen LogP contribution >= 0.6 is 0 Å². The lowest BCUT2D eigenvalue weighted by Crippen LogP contribution is -2.49. The average Bonchev–Trinajstić information content (AvgIpc) is 2.91. The molecule has 1 fully saturated rings. The molecular weight excluding hydrogens is 259 g/mol. The fraction of sp³-hybridized carbons (Fsp3) is 0.429. The molecule has 20 heavy (non-hydrogen) atoms. The van der Waals surface area contributed by atoms with E-state index >= 15 is 0 Å². The number of benzene rings is 1. The van der Waals surface area contributed by atoms with E-state index in [9.17, 15) is 4.39 Å². The second-order valence-corrected chi connectivity index (χ2v) is 5.04. The number of nitrogens with zero attached hydrogens (tertiary/aromatic N) is 3. The summed E-state index contributed by atoms with van der Waals surface area (Å²) in [6, 6.07) is 6.53. The summed E-state index contributed by atoms with van der Waals surface area (Å²) in [7, 11) is 0. The maximum absolute atomic E-state index is 12.9. The topological polar surface area (TPSA) is 54.2 Å². The van der Waals surface area contributed by atoms with E-state index in [1.165, 1.54) is 12.1 Å². The van der Waals surface area contributed by atoms with E-state index in [0.29, 0.717) is 24.3 Å². The summed E-state index contributed by atoms with van der Waals surface area (Å²) in [4.78, 5) is 6.68. The predicted molar refractivity (Wildman–Crippen MR) is 72.4 cm³/mol. The summed E-state index contributed by atoms with van der Waals surface area (Å²) >= 11 is 0. The van der Waals surface area contributed by atoms with Gasteiger partial charge in [0.15, 0.2) is 0 Å². The van der Waals surface area contributed by atoms with Gasteiger partial charge in [0, 0.05) is 31.2 Å². The van der Waals surface area contributed by atoms with Gasteiger partial charge in [-0.3, -0.25) is 4.90 Å². The molecule has 0 spiro atoms. The SMILES string of the molecule is CC1CNCCN1Cc1nc(-c2ccc(F)cc2)no1. The number of nitrogens with one attached hydrogen (secondary N) is 1. The molecular formula is C14H17FN4O. The zero-order chi connectivity index (χ0) is 13.9. The highest BCUT2D eigenvalue weighted by Gasteiger charge is 2.20. The molecule has 1 aromatic heterocycles. The highest BCUT2D eigenvalue weighted by Crippen LogP contribution is 2.17. The first-order chi connectivity index (χ1) is 9.72. The Labute approximate surface area is 116 Å². The van der Waals surface area contributed by atoms with Gasteiger partial charge in [0.1, 0.15) is 5.82 Å². The highest BCUT2D eigenvalue weighted by molar-refractivity contribution is 5.53. The Hall–Kier alpha value is -1.79. The van der Waals surface area contributed by atoms with Gasteiger partial charge in [0.25, 0.3) is 0 Å². The lowest BCUT2D eigenvalue weighted by molar-refractivity contribution is 0.146. The van der Waals surface area contributed by atoms with Crippen LogP contribution in [0.2, 0.25) is 0 Å². The van der Waals surface area contributed by atoms with Crippen LogP contribution in [0.1, 0.15) is 12.8 Å². The van der Waals surface area contributed by atoms with Crippen LogP contribution in [0.4, 0.5) is 4.39 Å². The number of halogens is 1. The summed E-state index contributed by atoms with van der Waals surface area (Å²) in [6.45, 7) is 5.73. The third kappa shape index (κ3) is 2.86. The minimum absolute atomic E-state index is 0.271. The highest BCUT2D eigenvalue weighted by atomic mass is 19.1. The largest absolute Gasteiger partial charge is 0.338 e. The van der Waals surface area contributed by atoms with E-state index < -0.39 is 0 Å². The minimum Gasteiger partial charge on any atom is -0.338 e. The molecule has 1 N–H and O–H groups in total. The van der Waals surface area contributed by atoms with Crippen molar-refractivity contribution in [2.24, 2.45) is 0 Å². The molecule has 2 aromatic rings. The summed E-state index contributed by atoms with van der Waals surface area (Å²) in [5.74, 6) is 0.827. The van der Waals surface area contributed by atoms with Crippen molar-refractivity contribution in [1.82, 2.24) is 20.4 Å². The Morgan fingerprint density at radius 1 is 1.40 bits per heavy atom. The molecule has 1 aromatic carbocycles. The molecule has 1 saturated heterocycles. The van der Waals surface area contributed by atoms with Crippen LogP contribution in [0.3, 0.4) is 0 Å². The van der Waals surface area contributed by atoms with Gasteiger partial charge in [-0.15, -0.1) is 0 Å². The first-order valence-electron chi connectivity index (χ1n) is 6.75. The van der Waals surface area contributed by atoms with Gasteiger partial charge in [0.05, 0.1) is 6.54 Å². The first-order valence-corrected chi connectivity index (χ1v) is 6.75. The zero-order valence-corrected chi connectivity index (χ0v) is 11.3. The van der Waals surface area contributed by atoms with Gasteiger partial charge in [-0.1, -0.05) is 5.16 Å². The molecule has 1 atom stereocenters. The summed E-state index contributed by atoms with van der Waals surface area (Å²) < 4.78 is 18.2. The average molecular weight is 276 g/mol. The van der Waals surface area contributed by atoms with Crippen LogP contribution in [0, 0.1) is 5.82 Å². The van der Waals surface area contributed by atoms with Crippen molar-refractivity contribution in [3.05, 3.63) is 36.0 Å². The Bertz CT molecular complexity index is 569. The van der Waals surface area contributed by atoms with Gasteiger partial charge in [-0.05, 0) is 31.2 Å². The Balaban J connectivity index is 1.71. The van der Waals surface area contributed by atoms with E-state index in [0.717, 1.165) is 25.2 Å². The second kappa shape index (κ2) is 5.68. The van der Waals surface area contributed by atoms with Gasteiger partial charge in [-0.2, -0.15) is 4.98 Å². The summed E-state index contributed by atoms with van der Waals surface area (Å²) in [5.41, 5.74) is 0.759. The van der Waals surface area contributed by atoms with E-state index in [4.69, 9.17) is 4.52 Å². The predicted octanol–water partition coefficient (Wildman–Crippen LogP) is 1.67. The van der Waals surface area contributed by atoms with Crippen LogP contribution in [0.5, 0.6) is 0 Å². The van der Waals surface area contributed by atoms with Crippen molar-refractivity contribution in [2.45, 2.75) is 19.5 Å². The number of rotatable bonds is 3. The van der Waals surface area contributed by atoms with E-state index in [1.54, 1.807) is 12.1 Å². The maximum Gasteiger partial charge on any atom is 0.241 e. The lowest BCUT2D eigenvalue weighted by Gasteiger charge is -2.32. The number of hydrogen-bond donors (Lipinski definition) is 1. The van der Waals surface area contributed by atoms with Crippen LogP contribution in [-0.4, -0.2) is 40.7 Å². The monoisotopic (exact) mass is 276 g/mol. The summed E-state index contributed by atoms with van der Waals surface area (Å²) in [5, 5.41) is 7.30. The number of piperazine rings is 1. The Morgan fingerprint density at radius 3 is 2.95 bits per heavy atom. The zero-order valence-electron chi connectivity index (χ0n) is 11.3.